The zero-order valence-corrected chi connectivity index (χ0v) is 10.5. The number of hydrogen-bond acceptors (Lipinski definition) is 2. The van der Waals surface area contributed by atoms with Gasteiger partial charge in [-0.15, -0.1) is 0 Å². The van der Waals surface area contributed by atoms with Gasteiger partial charge in [-0.05, 0) is 12.5 Å². The number of ketones is 1. The Morgan fingerprint density at radius 3 is 2.50 bits per heavy atom. The number of Topliss-reactive ketones (excluding diaryl/α,β-unsaturated/α-hetero) is 1. The second kappa shape index (κ2) is 4.92. The lowest BCUT2D eigenvalue weighted by Gasteiger charge is -1.97. The summed E-state index contributed by atoms with van der Waals surface area (Å²) in [4.78, 5) is 11.3. The highest BCUT2D eigenvalue weighted by molar-refractivity contribution is 6.05. The van der Waals surface area contributed by atoms with Crippen LogP contribution in [0.15, 0.2) is 18.2 Å². The second-order valence-electron chi connectivity index (χ2n) is 3.50. The van der Waals surface area contributed by atoms with E-state index >= 15 is 0 Å². The fourth-order valence-corrected chi connectivity index (χ4v) is 1.79. The molecule has 0 unspecified atom stereocenters. The Bertz CT molecular complexity index is 512. The summed E-state index contributed by atoms with van der Waals surface area (Å²) in [5, 5.41) is 5.16. The fourth-order valence-electron chi connectivity index (χ4n) is 1.79. The summed E-state index contributed by atoms with van der Waals surface area (Å²) in [6.07, 6.45) is 0. The number of aryl methyl sites for hydroxylation is 2. The molecule has 0 fully saturated rings. The molecule has 0 atom stereocenters. The summed E-state index contributed by atoms with van der Waals surface area (Å²) in [6.45, 7) is 7.57. The van der Waals surface area contributed by atoms with E-state index in [1.165, 1.54) is 0 Å². The van der Waals surface area contributed by atoms with Crippen LogP contribution in [0.2, 0.25) is 0 Å². The van der Waals surface area contributed by atoms with Crippen molar-refractivity contribution in [2.45, 2.75) is 27.7 Å². The highest BCUT2D eigenvalue weighted by Gasteiger charge is 2.12. The largest absolute Gasteiger partial charge is 0.293 e. The van der Waals surface area contributed by atoms with Crippen molar-refractivity contribution in [2.75, 3.05) is 0 Å². The molecule has 0 aliphatic carbocycles. The lowest BCUT2D eigenvalue weighted by molar-refractivity contribution is 0.101. The molecule has 0 amide bonds. The molecule has 0 bridgehead atoms. The van der Waals surface area contributed by atoms with Crippen LogP contribution in [0, 0.1) is 6.92 Å². The Kier molecular flexibility index (Phi) is 3.82. The number of carbonyl (C=O) groups is 1. The van der Waals surface area contributed by atoms with Crippen LogP contribution in [-0.2, 0) is 7.05 Å². The van der Waals surface area contributed by atoms with Crippen LogP contribution in [0.5, 0.6) is 0 Å². The molecular formula is C13H18N2O. The van der Waals surface area contributed by atoms with Gasteiger partial charge < -0.3 is 0 Å². The number of nitrogens with zero attached hydrogens (tertiary/aromatic N) is 2. The van der Waals surface area contributed by atoms with Crippen LogP contribution < -0.4 is 0 Å². The van der Waals surface area contributed by atoms with Gasteiger partial charge in [0.05, 0.1) is 5.52 Å². The van der Waals surface area contributed by atoms with Crippen LogP contribution in [0.25, 0.3) is 10.9 Å². The van der Waals surface area contributed by atoms with E-state index in [9.17, 15) is 4.79 Å². The Balaban J connectivity index is 0.000000606. The van der Waals surface area contributed by atoms with Crippen molar-refractivity contribution >= 4 is 16.7 Å². The minimum absolute atomic E-state index is 0.0150. The van der Waals surface area contributed by atoms with Gasteiger partial charge in [0.25, 0.3) is 0 Å². The smallest absolute Gasteiger partial charge is 0.180 e. The summed E-state index contributed by atoms with van der Waals surface area (Å²) < 4.78 is 1.77. The van der Waals surface area contributed by atoms with Gasteiger partial charge in [-0.1, -0.05) is 32.0 Å². The van der Waals surface area contributed by atoms with Crippen LogP contribution in [0.3, 0.4) is 0 Å². The predicted octanol–water partition coefficient (Wildman–Crippen LogP) is 3.11. The lowest BCUT2D eigenvalue weighted by atomic mass is 10.1. The van der Waals surface area contributed by atoms with Crippen molar-refractivity contribution < 1.29 is 4.79 Å². The molecule has 1 aromatic heterocycles. The van der Waals surface area contributed by atoms with E-state index in [1.54, 1.807) is 11.6 Å². The molecule has 3 nitrogen and oxygen atoms in total. The molecule has 0 radical (unpaired) electrons. The van der Waals surface area contributed by atoms with Crippen LogP contribution >= 0.6 is 0 Å². The number of rotatable bonds is 1. The molecule has 0 saturated heterocycles. The zero-order valence-electron chi connectivity index (χ0n) is 10.5. The first kappa shape index (κ1) is 12.4. The van der Waals surface area contributed by atoms with Crippen LogP contribution in [-0.4, -0.2) is 15.6 Å². The van der Waals surface area contributed by atoms with E-state index in [2.05, 4.69) is 5.10 Å². The van der Waals surface area contributed by atoms with Crippen molar-refractivity contribution in [1.29, 1.82) is 0 Å². The first-order valence-corrected chi connectivity index (χ1v) is 5.54. The summed E-state index contributed by atoms with van der Waals surface area (Å²) >= 11 is 0. The van der Waals surface area contributed by atoms with E-state index in [1.807, 2.05) is 46.0 Å². The highest BCUT2D eigenvalue weighted by Crippen LogP contribution is 2.21. The average molecular weight is 218 g/mol. The number of aromatic nitrogens is 2. The Morgan fingerprint density at radius 1 is 1.31 bits per heavy atom. The number of carbonyl (C=O) groups excluding carboxylic acids is 1. The average Bonchev–Trinajstić information content (AvgIpc) is 2.61. The van der Waals surface area contributed by atoms with Gasteiger partial charge in [-0.25, -0.2) is 0 Å². The van der Waals surface area contributed by atoms with Gasteiger partial charge in [-0.2, -0.15) is 5.10 Å². The third-order valence-electron chi connectivity index (χ3n) is 2.40. The Morgan fingerprint density at radius 2 is 1.94 bits per heavy atom. The first-order chi connectivity index (χ1) is 7.61. The van der Waals surface area contributed by atoms with Gasteiger partial charge >= 0.3 is 0 Å². The molecule has 0 aliphatic rings. The molecule has 1 aromatic carbocycles. The molecule has 0 N–H and O–H groups in total. The number of hydrogen-bond donors (Lipinski definition) is 0. The first-order valence-electron chi connectivity index (χ1n) is 5.54. The zero-order chi connectivity index (χ0) is 12.3. The third-order valence-corrected chi connectivity index (χ3v) is 2.40. The molecule has 0 saturated carbocycles. The SMILES string of the molecule is CC.CC(=O)c1nn(C)c2c(C)cccc12. The maximum absolute atomic E-state index is 11.3. The minimum atomic E-state index is 0.0150. The molecule has 1 heterocycles. The van der Waals surface area contributed by atoms with E-state index < -0.39 is 0 Å². The molecule has 2 aromatic rings. The van der Waals surface area contributed by atoms with Gasteiger partial charge in [0.15, 0.2) is 5.78 Å². The summed E-state index contributed by atoms with van der Waals surface area (Å²) in [7, 11) is 1.86. The van der Waals surface area contributed by atoms with Gasteiger partial charge in [0, 0.05) is 19.4 Å². The van der Waals surface area contributed by atoms with E-state index in [0.29, 0.717) is 5.69 Å². The second-order valence-corrected chi connectivity index (χ2v) is 3.50. The maximum atomic E-state index is 11.3. The predicted molar refractivity (Wildman–Crippen MR) is 66.8 cm³/mol. The van der Waals surface area contributed by atoms with Crippen molar-refractivity contribution in [3.8, 4) is 0 Å². The fraction of sp³-hybridized carbons (Fsp3) is 0.385. The van der Waals surface area contributed by atoms with Crippen LogP contribution in [0.1, 0.15) is 36.8 Å². The third kappa shape index (κ3) is 1.98. The van der Waals surface area contributed by atoms with Crippen molar-refractivity contribution in [2.24, 2.45) is 7.05 Å². The Hall–Kier alpha value is -1.64. The Labute approximate surface area is 96.1 Å². The quantitative estimate of drug-likeness (QED) is 0.689. The standard InChI is InChI=1S/C11H12N2O.C2H6/c1-7-5-4-6-9-10(8(2)14)12-13(3)11(7)9;1-2/h4-6H,1-3H3;1-2H3. The molecule has 0 aliphatic heterocycles. The minimum Gasteiger partial charge on any atom is -0.293 e. The maximum Gasteiger partial charge on any atom is 0.180 e. The van der Waals surface area contributed by atoms with E-state index in [4.69, 9.17) is 0 Å². The molecule has 0 spiro atoms. The number of benzene rings is 1. The van der Waals surface area contributed by atoms with Crippen molar-refractivity contribution in [3.05, 3.63) is 29.5 Å². The van der Waals surface area contributed by atoms with Gasteiger partial charge in [0.2, 0.25) is 0 Å². The molecule has 86 valence electrons. The number of para-hydroxylation sites is 1. The normalized spacial score (nSPS) is 9.81. The topological polar surface area (TPSA) is 34.9 Å². The van der Waals surface area contributed by atoms with Crippen LogP contribution in [0.4, 0.5) is 0 Å². The van der Waals surface area contributed by atoms with Crippen molar-refractivity contribution in [3.63, 3.8) is 0 Å². The number of fused-ring (bicyclic) bond motifs is 1. The van der Waals surface area contributed by atoms with E-state index in [0.717, 1.165) is 16.5 Å². The van der Waals surface area contributed by atoms with E-state index in [-0.39, 0.29) is 5.78 Å². The molecule has 16 heavy (non-hydrogen) atoms. The monoisotopic (exact) mass is 218 g/mol. The lowest BCUT2D eigenvalue weighted by Crippen LogP contribution is -1.96. The summed E-state index contributed by atoms with van der Waals surface area (Å²) in [5.74, 6) is 0.0150. The molecule has 3 heteroatoms. The van der Waals surface area contributed by atoms with Gasteiger partial charge in [0.1, 0.15) is 5.69 Å². The molecule has 2 rings (SSSR count). The summed E-state index contributed by atoms with van der Waals surface area (Å²) in [6, 6.07) is 5.91. The highest BCUT2D eigenvalue weighted by atomic mass is 16.1. The summed E-state index contributed by atoms with van der Waals surface area (Å²) in [5.41, 5.74) is 2.74. The van der Waals surface area contributed by atoms with Gasteiger partial charge in [-0.3, -0.25) is 9.48 Å². The van der Waals surface area contributed by atoms with Crippen molar-refractivity contribution in [1.82, 2.24) is 9.78 Å². The molecular weight excluding hydrogens is 200 g/mol.